The van der Waals surface area contributed by atoms with E-state index in [1.807, 2.05) is 57.2 Å². The minimum atomic E-state index is -1.12. The second kappa shape index (κ2) is 12.3. The number of benzene rings is 2. The molecule has 2 aromatic carbocycles. The van der Waals surface area contributed by atoms with Crippen molar-refractivity contribution in [3.8, 4) is 0 Å². The summed E-state index contributed by atoms with van der Waals surface area (Å²) in [6, 6.07) is 15.5. The first-order valence-electron chi connectivity index (χ1n) is 12.4. The predicted octanol–water partition coefficient (Wildman–Crippen LogP) is 6.05. The summed E-state index contributed by atoms with van der Waals surface area (Å²) in [5, 5.41) is 14.4. The first-order chi connectivity index (χ1) is 16.9. The number of nitrogens with zero attached hydrogens (tertiary/aromatic N) is 1. The monoisotopic (exact) mass is 530 g/mol. The van der Waals surface area contributed by atoms with Crippen LogP contribution in [-0.4, -0.2) is 44.4 Å². The van der Waals surface area contributed by atoms with Gasteiger partial charge in [-0.1, -0.05) is 50.2 Å². The van der Waals surface area contributed by atoms with E-state index in [1.165, 1.54) is 11.3 Å². The van der Waals surface area contributed by atoms with Crippen molar-refractivity contribution >= 4 is 38.4 Å². The van der Waals surface area contributed by atoms with Crippen molar-refractivity contribution in [3.63, 3.8) is 0 Å². The van der Waals surface area contributed by atoms with E-state index in [-0.39, 0.29) is 5.92 Å². The Bertz CT molecular complexity index is 1170. The average Bonchev–Trinajstić information content (AvgIpc) is 3.21. The Labute approximate surface area is 220 Å². The molecule has 0 fully saturated rings. The van der Waals surface area contributed by atoms with Crippen LogP contribution < -0.4 is 5.32 Å². The van der Waals surface area contributed by atoms with Crippen molar-refractivity contribution in [1.82, 2.24) is 10.3 Å². The summed E-state index contributed by atoms with van der Waals surface area (Å²) in [5.74, 6) is 0.505. The van der Waals surface area contributed by atoms with Crippen LogP contribution in [0.5, 0.6) is 0 Å². The van der Waals surface area contributed by atoms with Crippen LogP contribution in [0.15, 0.2) is 52.9 Å². The summed E-state index contributed by atoms with van der Waals surface area (Å²) in [4.78, 5) is 17.1. The van der Waals surface area contributed by atoms with Gasteiger partial charge in [0.1, 0.15) is 5.60 Å². The highest BCUT2D eigenvalue weighted by molar-refractivity contribution is 7.86. The number of alkyl carbamates (subject to hydrolysis) is 1. The Morgan fingerprint density at radius 1 is 1.14 bits per heavy atom. The number of hydrogen-bond acceptors (Lipinski definition) is 6. The number of aliphatic hydroxyl groups excluding tert-OH is 1. The van der Waals surface area contributed by atoms with E-state index in [9.17, 15) is 14.1 Å². The van der Waals surface area contributed by atoms with Crippen LogP contribution in [0.3, 0.4) is 0 Å². The molecule has 1 aromatic heterocycles. The Hall–Kier alpha value is -2.29. The van der Waals surface area contributed by atoms with Gasteiger partial charge in [-0.05, 0) is 75.1 Å². The van der Waals surface area contributed by atoms with E-state index >= 15 is 0 Å². The number of ether oxygens (including phenoxy) is 1. The smallest absolute Gasteiger partial charge is 0.407 e. The van der Waals surface area contributed by atoms with E-state index in [0.29, 0.717) is 23.1 Å². The number of amides is 1. The fraction of sp³-hybridized carbons (Fsp3) is 0.500. The van der Waals surface area contributed by atoms with Crippen LogP contribution in [0.25, 0.3) is 10.2 Å². The maximum Gasteiger partial charge on any atom is 0.407 e. The zero-order valence-corrected chi connectivity index (χ0v) is 23.6. The number of thiazole rings is 1. The van der Waals surface area contributed by atoms with E-state index in [4.69, 9.17) is 4.74 Å². The number of fused-ring (bicyclic) bond motifs is 1. The van der Waals surface area contributed by atoms with Crippen LogP contribution in [0.1, 0.15) is 64.5 Å². The third-order valence-electron chi connectivity index (χ3n) is 5.86. The molecule has 6 nitrogen and oxygen atoms in total. The zero-order valence-electron chi connectivity index (χ0n) is 22.0. The summed E-state index contributed by atoms with van der Waals surface area (Å²) in [6.07, 6.45) is 2.20. The first-order valence-corrected chi connectivity index (χ1v) is 14.7. The lowest BCUT2D eigenvalue weighted by atomic mass is 9.83. The van der Waals surface area contributed by atoms with Crippen LogP contribution in [0, 0.1) is 5.92 Å². The number of aromatic nitrogens is 1. The minimum absolute atomic E-state index is 0.0841. The van der Waals surface area contributed by atoms with Crippen molar-refractivity contribution in [1.29, 1.82) is 0 Å². The molecule has 0 spiro atoms. The van der Waals surface area contributed by atoms with Gasteiger partial charge in [0.2, 0.25) is 0 Å². The van der Waals surface area contributed by atoms with Crippen molar-refractivity contribution in [2.24, 2.45) is 5.92 Å². The zero-order chi connectivity index (χ0) is 26.5. The molecule has 0 radical (unpaired) electrons. The minimum Gasteiger partial charge on any atom is -0.444 e. The lowest BCUT2D eigenvalue weighted by molar-refractivity contribution is 0.0402. The molecule has 0 aliphatic heterocycles. The van der Waals surface area contributed by atoms with Crippen LogP contribution in [-0.2, 0) is 22.0 Å². The summed E-state index contributed by atoms with van der Waals surface area (Å²) < 4.78 is 19.0. The number of nitrogens with one attached hydrogen (secondary N) is 1. The maximum atomic E-state index is 12.6. The Balaban J connectivity index is 1.85. The van der Waals surface area contributed by atoms with E-state index in [2.05, 4.69) is 36.3 Å². The molecular weight excluding hydrogens is 492 g/mol. The van der Waals surface area contributed by atoms with Gasteiger partial charge in [0, 0.05) is 6.26 Å². The summed E-state index contributed by atoms with van der Waals surface area (Å²) in [5.41, 5.74) is 2.36. The topological polar surface area (TPSA) is 88.5 Å². The normalized spacial score (nSPS) is 15.4. The fourth-order valence-corrected chi connectivity index (χ4v) is 6.01. The Kier molecular flexibility index (Phi) is 9.66. The second-order valence-corrected chi connectivity index (χ2v) is 13.3. The number of carbonyl (C=O) groups excluding carboxylic acids is 1. The van der Waals surface area contributed by atoms with Gasteiger partial charge < -0.3 is 15.2 Å². The van der Waals surface area contributed by atoms with Gasteiger partial charge in [-0.25, -0.2) is 9.78 Å². The van der Waals surface area contributed by atoms with Gasteiger partial charge in [-0.15, -0.1) is 11.3 Å². The molecule has 2 unspecified atom stereocenters. The lowest BCUT2D eigenvalue weighted by Gasteiger charge is -2.30. The maximum absolute atomic E-state index is 12.6. The van der Waals surface area contributed by atoms with Crippen molar-refractivity contribution in [2.75, 3.05) is 6.26 Å². The molecule has 3 aromatic rings. The van der Waals surface area contributed by atoms with Crippen molar-refractivity contribution in [3.05, 3.63) is 59.7 Å². The van der Waals surface area contributed by atoms with Crippen LogP contribution in [0.4, 0.5) is 4.79 Å². The van der Waals surface area contributed by atoms with Crippen molar-refractivity contribution < 1.29 is 18.8 Å². The van der Waals surface area contributed by atoms with E-state index in [0.717, 1.165) is 27.8 Å². The number of hydrogen-bond donors (Lipinski definition) is 2. The average molecular weight is 531 g/mol. The van der Waals surface area contributed by atoms with E-state index < -0.39 is 34.6 Å². The molecule has 36 heavy (non-hydrogen) atoms. The molecule has 1 amide bonds. The molecule has 8 heteroatoms. The van der Waals surface area contributed by atoms with Crippen molar-refractivity contribution in [2.45, 2.75) is 81.9 Å². The van der Waals surface area contributed by atoms with Gasteiger partial charge in [-0.2, -0.15) is 0 Å². The molecular formula is C28H38N2O4S2. The first kappa shape index (κ1) is 28.3. The van der Waals surface area contributed by atoms with Gasteiger partial charge in [-0.3, -0.25) is 4.21 Å². The molecule has 0 saturated carbocycles. The van der Waals surface area contributed by atoms with Crippen LogP contribution in [0.2, 0.25) is 0 Å². The molecule has 1 heterocycles. The summed E-state index contributed by atoms with van der Waals surface area (Å²) in [6.45, 7) is 9.81. The molecule has 4 atom stereocenters. The summed E-state index contributed by atoms with van der Waals surface area (Å²) in [7, 11) is -1.12. The van der Waals surface area contributed by atoms with Gasteiger partial charge in [0.25, 0.3) is 0 Å². The van der Waals surface area contributed by atoms with Gasteiger partial charge in [0.05, 0.1) is 33.2 Å². The highest BCUT2D eigenvalue weighted by atomic mass is 32.2. The molecule has 2 N–H and O–H groups in total. The highest BCUT2D eigenvalue weighted by Gasteiger charge is 2.28. The molecule has 3 rings (SSSR count). The third-order valence-corrected chi connectivity index (χ3v) is 8.21. The number of aliphatic hydroxyl groups is 1. The third kappa shape index (κ3) is 8.39. The fourth-order valence-electron chi connectivity index (χ4n) is 4.30. The second-order valence-electron chi connectivity index (χ2n) is 10.7. The number of carbonyl (C=O) groups is 1. The largest absolute Gasteiger partial charge is 0.444 e. The molecule has 0 saturated heterocycles. The van der Waals surface area contributed by atoms with E-state index in [1.54, 1.807) is 6.26 Å². The molecule has 196 valence electrons. The van der Waals surface area contributed by atoms with Gasteiger partial charge >= 0.3 is 6.09 Å². The standard InChI is InChI=1S/C28H38N2O4S2/c1-18(2)14-21(20-12-13-22-25(17-20)35-27(30-22)36(6)33)16-24(31)23(15-19-10-8-7-9-11-19)29-26(32)34-28(3,4)5/h7-13,17-18,21,23-24,31H,14-16H2,1-6H3,(H,29,32)/t21?,23-,24+,36?/m0/s1. The Morgan fingerprint density at radius 3 is 2.44 bits per heavy atom. The van der Waals surface area contributed by atoms with Crippen LogP contribution >= 0.6 is 11.3 Å². The Morgan fingerprint density at radius 2 is 1.83 bits per heavy atom. The highest BCUT2D eigenvalue weighted by Crippen LogP contribution is 2.34. The summed E-state index contributed by atoms with van der Waals surface area (Å²) >= 11 is 1.45. The molecule has 0 bridgehead atoms. The quantitative estimate of drug-likeness (QED) is 0.333. The lowest BCUT2D eigenvalue weighted by Crippen LogP contribution is -2.47. The predicted molar refractivity (Wildman–Crippen MR) is 148 cm³/mol. The molecule has 0 aliphatic rings. The van der Waals surface area contributed by atoms with Gasteiger partial charge in [0.15, 0.2) is 4.34 Å². The SMILES string of the molecule is CC(C)CC(C[C@@H](O)[C@H](Cc1ccccc1)NC(=O)OC(C)(C)C)c1ccc2nc(S(C)=O)sc2c1. The number of rotatable bonds is 10. The molecule has 0 aliphatic carbocycles.